The number of rotatable bonds is 9. The van der Waals surface area contributed by atoms with Crippen molar-refractivity contribution >= 4 is 21.6 Å². The van der Waals surface area contributed by atoms with Gasteiger partial charge in [0.1, 0.15) is 5.75 Å². The molecule has 1 N–H and O–H groups in total. The van der Waals surface area contributed by atoms with Gasteiger partial charge in [-0.1, -0.05) is 48.5 Å². The Morgan fingerprint density at radius 1 is 0.935 bits per heavy atom. The minimum absolute atomic E-state index is 0.124. The first-order chi connectivity index (χ1) is 14.9. The number of hydrogen-bond acceptors (Lipinski definition) is 4. The van der Waals surface area contributed by atoms with Crippen LogP contribution in [0.3, 0.4) is 0 Å². The Morgan fingerprint density at radius 2 is 1.52 bits per heavy atom. The molecule has 3 aromatic carbocycles. The van der Waals surface area contributed by atoms with Crippen LogP contribution in [0.5, 0.6) is 5.75 Å². The lowest BCUT2D eigenvalue weighted by Crippen LogP contribution is -2.31. The zero-order valence-electron chi connectivity index (χ0n) is 17.6. The third-order valence-corrected chi connectivity index (χ3v) is 6.71. The van der Waals surface area contributed by atoms with Crippen LogP contribution in [0.25, 0.3) is 0 Å². The lowest BCUT2D eigenvalue weighted by Gasteiger charge is -2.23. The summed E-state index contributed by atoms with van der Waals surface area (Å²) in [6, 6.07) is 24.5. The smallest absolute Gasteiger partial charge is 0.264 e. The Labute approximate surface area is 183 Å². The molecule has 162 valence electrons. The van der Waals surface area contributed by atoms with Crippen molar-refractivity contribution in [1.29, 1.82) is 0 Å². The van der Waals surface area contributed by atoms with Gasteiger partial charge >= 0.3 is 0 Å². The molecule has 1 atom stereocenters. The largest absolute Gasteiger partial charge is 0.484 e. The van der Waals surface area contributed by atoms with Gasteiger partial charge < -0.3 is 10.1 Å². The predicted molar refractivity (Wildman–Crippen MR) is 122 cm³/mol. The van der Waals surface area contributed by atoms with Gasteiger partial charge in [0.2, 0.25) is 0 Å². The molecule has 31 heavy (non-hydrogen) atoms. The van der Waals surface area contributed by atoms with Crippen molar-refractivity contribution in [3.05, 3.63) is 90.5 Å². The molecule has 0 fully saturated rings. The number of anilines is 1. The number of sulfonamides is 1. The van der Waals surface area contributed by atoms with E-state index in [0.29, 0.717) is 11.4 Å². The zero-order chi connectivity index (χ0) is 22.3. The van der Waals surface area contributed by atoms with Crippen LogP contribution in [-0.2, 0) is 14.8 Å². The highest BCUT2D eigenvalue weighted by Crippen LogP contribution is 2.25. The summed E-state index contributed by atoms with van der Waals surface area (Å²) in [4.78, 5) is 12.4. The van der Waals surface area contributed by atoms with Crippen LogP contribution in [-0.4, -0.2) is 27.5 Å². The first kappa shape index (κ1) is 22.4. The van der Waals surface area contributed by atoms with Gasteiger partial charge in [0.25, 0.3) is 15.9 Å². The molecule has 0 spiro atoms. The topological polar surface area (TPSA) is 75.7 Å². The molecule has 0 saturated carbocycles. The first-order valence-corrected chi connectivity index (χ1v) is 11.5. The third-order valence-electron chi connectivity index (χ3n) is 4.79. The number of nitrogens with zero attached hydrogens (tertiary/aromatic N) is 1. The molecule has 1 unspecified atom stereocenters. The fourth-order valence-electron chi connectivity index (χ4n) is 3.18. The predicted octanol–water partition coefficient (Wildman–Crippen LogP) is 4.16. The van der Waals surface area contributed by atoms with Gasteiger partial charge in [-0.15, -0.1) is 0 Å². The average molecular weight is 439 g/mol. The molecule has 0 aliphatic carbocycles. The fraction of sp³-hybridized carbons (Fsp3) is 0.208. The number of nitrogens with one attached hydrogen (secondary N) is 1. The van der Waals surface area contributed by atoms with E-state index in [9.17, 15) is 13.2 Å². The van der Waals surface area contributed by atoms with Crippen molar-refractivity contribution in [2.75, 3.05) is 17.5 Å². The maximum absolute atomic E-state index is 12.9. The molecule has 0 saturated heterocycles. The van der Waals surface area contributed by atoms with Gasteiger partial charge in [-0.2, -0.15) is 0 Å². The second-order valence-corrected chi connectivity index (χ2v) is 8.83. The van der Waals surface area contributed by atoms with Crippen molar-refractivity contribution in [2.45, 2.75) is 24.8 Å². The Hall–Kier alpha value is -3.32. The summed E-state index contributed by atoms with van der Waals surface area (Å²) in [6.45, 7) is 3.85. The summed E-state index contributed by atoms with van der Waals surface area (Å²) < 4.78 is 32.7. The standard InChI is InChI=1S/C24H26N2O4S/c1-3-26(31(28,29)23-12-8-5-9-13-23)21-14-16-22(17-15-21)30-18-24(27)25-19(2)20-10-6-4-7-11-20/h4-17,19H,3,18H2,1-2H3,(H,25,27). The molecule has 0 aliphatic rings. The van der Waals surface area contributed by atoms with Crippen molar-refractivity contribution in [3.63, 3.8) is 0 Å². The molecule has 0 aliphatic heterocycles. The molecule has 1 amide bonds. The molecule has 3 aromatic rings. The molecule has 7 heteroatoms. The van der Waals surface area contributed by atoms with E-state index < -0.39 is 10.0 Å². The number of benzene rings is 3. The van der Waals surface area contributed by atoms with E-state index in [1.807, 2.05) is 37.3 Å². The molecule has 0 bridgehead atoms. The van der Waals surface area contributed by atoms with Gasteiger partial charge in [0.15, 0.2) is 6.61 Å². The quantitative estimate of drug-likeness (QED) is 0.544. The molecule has 0 aromatic heterocycles. The fourth-order valence-corrected chi connectivity index (χ4v) is 4.67. The van der Waals surface area contributed by atoms with Crippen LogP contribution < -0.4 is 14.4 Å². The third kappa shape index (κ3) is 5.64. The van der Waals surface area contributed by atoms with Crippen molar-refractivity contribution in [1.82, 2.24) is 5.32 Å². The normalized spacial score (nSPS) is 12.1. The Bertz CT molecular complexity index is 1090. The van der Waals surface area contributed by atoms with Crippen LogP contribution in [0.15, 0.2) is 89.8 Å². The second-order valence-electron chi connectivity index (χ2n) is 6.97. The number of hydrogen-bond donors (Lipinski definition) is 1. The minimum Gasteiger partial charge on any atom is -0.484 e. The van der Waals surface area contributed by atoms with E-state index in [1.165, 1.54) is 4.31 Å². The summed E-state index contributed by atoms with van der Waals surface area (Å²) in [5.41, 5.74) is 1.54. The van der Waals surface area contributed by atoms with Gasteiger partial charge in [-0.05, 0) is 55.8 Å². The van der Waals surface area contributed by atoms with E-state index >= 15 is 0 Å². The highest BCUT2D eigenvalue weighted by Gasteiger charge is 2.23. The lowest BCUT2D eigenvalue weighted by molar-refractivity contribution is -0.123. The summed E-state index contributed by atoms with van der Waals surface area (Å²) in [6.07, 6.45) is 0. The van der Waals surface area contributed by atoms with E-state index in [4.69, 9.17) is 4.74 Å². The lowest BCUT2D eigenvalue weighted by atomic mass is 10.1. The SMILES string of the molecule is CCN(c1ccc(OCC(=O)NC(C)c2ccccc2)cc1)S(=O)(=O)c1ccccc1. The molecular formula is C24H26N2O4S. The first-order valence-electron chi connectivity index (χ1n) is 10.1. The van der Waals surface area contributed by atoms with E-state index in [2.05, 4.69) is 5.32 Å². The Kier molecular flexibility index (Phi) is 7.31. The summed E-state index contributed by atoms with van der Waals surface area (Å²) in [7, 11) is -3.65. The Balaban J connectivity index is 1.61. The van der Waals surface area contributed by atoms with Gasteiger partial charge in [0, 0.05) is 6.54 Å². The number of carbonyl (C=O) groups excluding carboxylic acids is 1. The maximum atomic E-state index is 12.9. The van der Waals surface area contributed by atoms with Gasteiger partial charge in [0.05, 0.1) is 16.6 Å². The number of amides is 1. The molecule has 3 rings (SSSR count). The van der Waals surface area contributed by atoms with Crippen LogP contribution in [0, 0.1) is 0 Å². The molecule has 0 radical (unpaired) electrons. The Morgan fingerprint density at radius 3 is 2.10 bits per heavy atom. The van der Waals surface area contributed by atoms with Crippen molar-refractivity contribution < 1.29 is 17.9 Å². The number of carbonyl (C=O) groups is 1. The van der Waals surface area contributed by atoms with E-state index in [-0.39, 0.29) is 30.0 Å². The van der Waals surface area contributed by atoms with E-state index in [1.54, 1.807) is 61.5 Å². The second kappa shape index (κ2) is 10.1. The van der Waals surface area contributed by atoms with E-state index in [0.717, 1.165) is 5.56 Å². The average Bonchev–Trinajstić information content (AvgIpc) is 2.80. The molecule has 6 nitrogen and oxygen atoms in total. The highest BCUT2D eigenvalue weighted by atomic mass is 32.2. The van der Waals surface area contributed by atoms with Crippen LogP contribution in [0.1, 0.15) is 25.5 Å². The minimum atomic E-state index is -3.65. The maximum Gasteiger partial charge on any atom is 0.264 e. The molecular weight excluding hydrogens is 412 g/mol. The van der Waals surface area contributed by atoms with Gasteiger partial charge in [-0.3, -0.25) is 9.10 Å². The highest BCUT2D eigenvalue weighted by molar-refractivity contribution is 7.92. The monoisotopic (exact) mass is 438 g/mol. The molecule has 0 heterocycles. The summed E-state index contributed by atoms with van der Waals surface area (Å²) in [5.74, 6) is 0.252. The van der Waals surface area contributed by atoms with Crippen molar-refractivity contribution in [3.8, 4) is 5.75 Å². The van der Waals surface area contributed by atoms with Crippen LogP contribution in [0.4, 0.5) is 5.69 Å². The number of ether oxygens (including phenoxy) is 1. The zero-order valence-corrected chi connectivity index (χ0v) is 18.4. The summed E-state index contributed by atoms with van der Waals surface area (Å²) in [5, 5.41) is 2.89. The van der Waals surface area contributed by atoms with Crippen LogP contribution in [0.2, 0.25) is 0 Å². The summed E-state index contributed by atoms with van der Waals surface area (Å²) >= 11 is 0. The van der Waals surface area contributed by atoms with Crippen LogP contribution >= 0.6 is 0 Å². The van der Waals surface area contributed by atoms with Gasteiger partial charge in [-0.25, -0.2) is 8.42 Å². The van der Waals surface area contributed by atoms with Crippen molar-refractivity contribution in [2.24, 2.45) is 0 Å².